The molecule has 0 aliphatic carbocycles. The van der Waals surface area contributed by atoms with Gasteiger partial charge in [-0.2, -0.15) is 16.8 Å². The van der Waals surface area contributed by atoms with Gasteiger partial charge in [-0.05, 0) is 72.1 Å². The molecule has 0 unspecified atom stereocenters. The van der Waals surface area contributed by atoms with E-state index >= 15 is 0 Å². The summed E-state index contributed by atoms with van der Waals surface area (Å²) in [6.07, 6.45) is 0. The predicted octanol–water partition coefficient (Wildman–Crippen LogP) is 5.45. The second-order valence-electron chi connectivity index (χ2n) is 9.99. The zero-order valence-corrected chi connectivity index (χ0v) is 25.4. The lowest BCUT2D eigenvalue weighted by atomic mass is 9.78. The Labute approximate surface area is 245 Å². The minimum Gasteiger partial charge on any atom is -0.497 e. The third kappa shape index (κ3) is 6.35. The molecule has 0 fully saturated rings. The van der Waals surface area contributed by atoms with Crippen molar-refractivity contribution in [3.05, 3.63) is 102 Å². The van der Waals surface area contributed by atoms with E-state index < -0.39 is 49.7 Å². The molecule has 0 amide bonds. The Morgan fingerprint density at radius 2 is 1.00 bits per heavy atom. The van der Waals surface area contributed by atoms with Gasteiger partial charge in [0.25, 0.3) is 20.2 Å². The molecule has 0 saturated carbocycles. The van der Waals surface area contributed by atoms with E-state index in [2.05, 4.69) is 0 Å². The first-order valence-electron chi connectivity index (χ1n) is 12.3. The highest BCUT2D eigenvalue weighted by atomic mass is 32.2. The molecule has 0 atom stereocenters. The fraction of sp³-hybridized carbons (Fsp3) is 0.172. The smallest absolute Gasteiger partial charge is 0.295 e. The number of aryl methyl sites for hydroxylation is 1. The Hall–Kier alpha value is -3.75. The van der Waals surface area contributed by atoms with Crippen LogP contribution in [0.4, 0.5) is 0 Å². The lowest BCUT2D eigenvalue weighted by molar-refractivity contribution is 0.414. The fourth-order valence-corrected chi connectivity index (χ4v) is 8.30. The van der Waals surface area contributed by atoms with Crippen LogP contribution in [-0.2, 0) is 35.5 Å². The quantitative estimate of drug-likeness (QED) is 0.227. The van der Waals surface area contributed by atoms with Gasteiger partial charge in [-0.15, -0.1) is 0 Å². The zero-order valence-electron chi connectivity index (χ0n) is 23.0. The van der Waals surface area contributed by atoms with Gasteiger partial charge in [-0.1, -0.05) is 44.2 Å². The molecule has 0 saturated heterocycles. The maximum atomic E-state index is 13.4. The van der Waals surface area contributed by atoms with Gasteiger partial charge >= 0.3 is 0 Å². The van der Waals surface area contributed by atoms with Crippen molar-refractivity contribution in [2.24, 2.45) is 0 Å². The minimum atomic E-state index is -5.14. The molecule has 2 N–H and O–H groups in total. The van der Waals surface area contributed by atoms with Gasteiger partial charge in [0.05, 0.1) is 16.9 Å². The molecule has 0 heterocycles. The van der Waals surface area contributed by atoms with Gasteiger partial charge in [0.15, 0.2) is 0 Å². The van der Waals surface area contributed by atoms with Crippen LogP contribution < -0.4 is 9.47 Å². The monoisotopic (exact) mass is 632 g/mol. The molecule has 10 nitrogen and oxygen atoms in total. The largest absolute Gasteiger partial charge is 0.497 e. The van der Waals surface area contributed by atoms with Gasteiger partial charge in [0.1, 0.15) is 27.0 Å². The third-order valence-corrected chi connectivity index (χ3v) is 10.7. The van der Waals surface area contributed by atoms with E-state index in [9.17, 15) is 34.4 Å². The molecular formula is C29H28O10S3. The summed E-state index contributed by atoms with van der Waals surface area (Å²) in [5.74, 6) is 0.926. The van der Waals surface area contributed by atoms with Crippen molar-refractivity contribution in [2.75, 3.05) is 7.11 Å². The van der Waals surface area contributed by atoms with Crippen LogP contribution in [0, 0.1) is 6.92 Å². The fourth-order valence-electron chi connectivity index (χ4n) is 4.38. The van der Waals surface area contributed by atoms with Crippen LogP contribution in [0.1, 0.15) is 30.5 Å². The molecule has 0 aromatic heterocycles. The molecule has 4 aromatic carbocycles. The summed E-state index contributed by atoms with van der Waals surface area (Å²) in [6, 6.07) is 20.6. The highest BCUT2D eigenvalue weighted by Gasteiger charge is 2.32. The van der Waals surface area contributed by atoms with Crippen LogP contribution >= 0.6 is 0 Å². The normalized spacial score (nSPS) is 12.6. The topological polar surface area (TPSA) is 161 Å². The molecule has 0 spiro atoms. The summed E-state index contributed by atoms with van der Waals surface area (Å²) in [5.41, 5.74) is 1.94. The minimum absolute atomic E-state index is 0.109. The number of methoxy groups -OCH3 is 1. The van der Waals surface area contributed by atoms with E-state index in [0.717, 1.165) is 47.2 Å². The summed E-state index contributed by atoms with van der Waals surface area (Å²) >= 11 is 0. The number of rotatable bonds is 9. The summed E-state index contributed by atoms with van der Waals surface area (Å²) in [5, 5.41) is 0. The molecule has 4 aromatic rings. The van der Waals surface area contributed by atoms with Crippen molar-refractivity contribution in [2.45, 2.75) is 45.8 Å². The number of ether oxygens (including phenoxy) is 2. The Kier molecular flexibility index (Phi) is 8.28. The van der Waals surface area contributed by atoms with E-state index in [1.807, 2.05) is 50.2 Å². The summed E-state index contributed by atoms with van der Waals surface area (Å²) in [6.45, 7) is 5.57. The average molecular weight is 633 g/mol. The van der Waals surface area contributed by atoms with E-state index in [-0.39, 0.29) is 11.2 Å². The van der Waals surface area contributed by atoms with Gasteiger partial charge in [-0.3, -0.25) is 9.11 Å². The van der Waals surface area contributed by atoms with Crippen molar-refractivity contribution in [3.8, 4) is 17.2 Å². The lowest BCUT2D eigenvalue weighted by Crippen LogP contribution is -2.18. The molecule has 13 heteroatoms. The van der Waals surface area contributed by atoms with Gasteiger partial charge < -0.3 is 9.47 Å². The molecule has 0 aliphatic rings. The second kappa shape index (κ2) is 11.2. The van der Waals surface area contributed by atoms with Gasteiger partial charge in [-0.25, -0.2) is 8.42 Å². The average Bonchev–Trinajstić information content (AvgIpc) is 2.92. The molecule has 222 valence electrons. The maximum Gasteiger partial charge on any atom is 0.295 e. The summed E-state index contributed by atoms with van der Waals surface area (Å²) < 4.78 is 106. The van der Waals surface area contributed by atoms with Crippen LogP contribution in [0.2, 0.25) is 0 Å². The van der Waals surface area contributed by atoms with Crippen LogP contribution in [0.15, 0.2) is 105 Å². The van der Waals surface area contributed by atoms with E-state index in [4.69, 9.17) is 9.47 Å². The lowest BCUT2D eigenvalue weighted by Gasteiger charge is -2.26. The molecule has 4 rings (SSSR count). The summed E-state index contributed by atoms with van der Waals surface area (Å²) in [7, 11) is -13.4. The maximum absolute atomic E-state index is 13.4. The van der Waals surface area contributed by atoms with Crippen LogP contribution in [0.5, 0.6) is 17.2 Å². The molecule has 0 radical (unpaired) electrons. The van der Waals surface area contributed by atoms with Crippen molar-refractivity contribution in [1.29, 1.82) is 0 Å². The highest BCUT2D eigenvalue weighted by Crippen LogP contribution is 2.36. The van der Waals surface area contributed by atoms with E-state index in [1.165, 1.54) is 13.0 Å². The van der Waals surface area contributed by atoms with Crippen LogP contribution in [-0.4, -0.2) is 41.5 Å². The molecule has 0 bridgehead atoms. The van der Waals surface area contributed by atoms with Gasteiger partial charge in [0, 0.05) is 11.5 Å². The second-order valence-corrected chi connectivity index (χ2v) is 14.7. The third-order valence-electron chi connectivity index (χ3n) is 6.77. The Morgan fingerprint density at radius 3 is 1.48 bits per heavy atom. The predicted molar refractivity (Wildman–Crippen MR) is 154 cm³/mol. The Morgan fingerprint density at radius 1 is 0.571 bits per heavy atom. The van der Waals surface area contributed by atoms with Crippen molar-refractivity contribution in [1.82, 2.24) is 0 Å². The molecule has 0 aliphatic heterocycles. The molecule has 42 heavy (non-hydrogen) atoms. The number of benzene rings is 4. The first-order chi connectivity index (χ1) is 19.4. The van der Waals surface area contributed by atoms with Crippen LogP contribution in [0.25, 0.3) is 0 Å². The Bertz CT molecular complexity index is 1960. The molecular weight excluding hydrogens is 605 g/mol. The van der Waals surface area contributed by atoms with E-state index in [1.54, 1.807) is 19.2 Å². The Balaban J connectivity index is 1.70. The number of sulfone groups is 1. The first kappa shape index (κ1) is 31.2. The van der Waals surface area contributed by atoms with E-state index in [0.29, 0.717) is 11.3 Å². The summed E-state index contributed by atoms with van der Waals surface area (Å²) in [4.78, 5) is -3.71. The van der Waals surface area contributed by atoms with Crippen molar-refractivity contribution < 1.29 is 43.8 Å². The number of hydrogen-bond donors (Lipinski definition) is 2. The zero-order chi connectivity index (χ0) is 31.1. The standard InChI is InChI=1S/C29H28O10S3/c1-19-5-15-25(27(17-19)41(32,33)34)40(30,31)26-16-14-24(18-28(26)42(35,36)37)39-23-12-8-21(9-13-23)29(2,3)20-6-10-22(38-4)11-7-20/h5-18H,1-4H3,(H,32,33,34)(H,35,36,37). The first-order valence-corrected chi connectivity index (χ1v) is 16.7. The SMILES string of the molecule is COc1ccc(C(C)(C)c2ccc(Oc3ccc(S(=O)(=O)c4ccc(C)cc4S(=O)(=O)O)c(S(=O)(=O)O)c3)cc2)cc1. The highest BCUT2D eigenvalue weighted by molar-refractivity contribution is 7.94. The van der Waals surface area contributed by atoms with Crippen molar-refractivity contribution in [3.63, 3.8) is 0 Å². The number of hydrogen-bond acceptors (Lipinski definition) is 8. The van der Waals surface area contributed by atoms with Crippen LogP contribution in [0.3, 0.4) is 0 Å². The van der Waals surface area contributed by atoms with Crippen molar-refractivity contribution >= 4 is 30.1 Å². The van der Waals surface area contributed by atoms with Gasteiger partial charge in [0.2, 0.25) is 9.84 Å².